The van der Waals surface area contributed by atoms with E-state index in [1.54, 1.807) is 0 Å². The van der Waals surface area contributed by atoms with Crippen LogP contribution in [0, 0.1) is 5.41 Å². The number of piperidine rings is 1. The summed E-state index contributed by atoms with van der Waals surface area (Å²) in [5, 5.41) is 0. The first-order chi connectivity index (χ1) is 6.67. The van der Waals surface area contributed by atoms with Crippen LogP contribution in [-0.2, 0) is 4.79 Å². The molecule has 0 aromatic carbocycles. The van der Waals surface area contributed by atoms with Gasteiger partial charge >= 0.3 is 0 Å². The molecule has 0 bridgehead atoms. The van der Waals surface area contributed by atoms with Crippen LogP contribution in [0.2, 0.25) is 0 Å². The molecule has 2 rings (SSSR count). The Morgan fingerprint density at radius 3 is 2.86 bits per heavy atom. The summed E-state index contributed by atoms with van der Waals surface area (Å²) in [4.78, 5) is 13.7. The number of nitrogens with zero attached hydrogens (tertiary/aromatic N) is 1. The fourth-order valence-electron chi connectivity index (χ4n) is 2.33. The van der Waals surface area contributed by atoms with Gasteiger partial charge in [0, 0.05) is 13.1 Å². The smallest absolute Gasteiger partial charge is 0.239 e. The maximum absolute atomic E-state index is 11.7. The Bertz CT molecular complexity index is 235. The van der Waals surface area contributed by atoms with Crippen LogP contribution in [0.4, 0.5) is 0 Å². The summed E-state index contributed by atoms with van der Waals surface area (Å²) in [6.07, 6.45) is 5.73. The first-order valence-corrected chi connectivity index (χ1v) is 5.71. The van der Waals surface area contributed by atoms with Gasteiger partial charge in [-0.1, -0.05) is 6.92 Å². The number of carbonyl (C=O) groups excluding carboxylic acids is 1. The molecule has 1 aliphatic carbocycles. The summed E-state index contributed by atoms with van der Waals surface area (Å²) in [7, 11) is 0. The van der Waals surface area contributed by atoms with E-state index in [-0.39, 0.29) is 11.9 Å². The molecule has 1 saturated heterocycles. The van der Waals surface area contributed by atoms with Gasteiger partial charge in [-0.3, -0.25) is 4.79 Å². The molecule has 2 aliphatic rings. The van der Waals surface area contributed by atoms with E-state index >= 15 is 0 Å². The van der Waals surface area contributed by atoms with Crippen LogP contribution in [0.1, 0.15) is 39.0 Å². The van der Waals surface area contributed by atoms with Gasteiger partial charge in [-0.15, -0.1) is 0 Å². The lowest BCUT2D eigenvalue weighted by Gasteiger charge is -2.33. The predicted octanol–water partition coefficient (Wildman–Crippen LogP) is 1.13. The lowest BCUT2D eigenvalue weighted by atomic mass is 9.99. The third kappa shape index (κ3) is 1.78. The van der Waals surface area contributed by atoms with Crippen molar-refractivity contribution in [1.82, 2.24) is 4.90 Å². The third-order valence-corrected chi connectivity index (χ3v) is 3.81. The topological polar surface area (TPSA) is 46.3 Å². The molecule has 2 fully saturated rings. The van der Waals surface area contributed by atoms with Gasteiger partial charge in [-0.05, 0) is 37.5 Å². The SMILES string of the molecule is CCC1(CN2CCCC(N)C2=O)CC1. The molecule has 1 aliphatic heterocycles. The number of carbonyl (C=O) groups is 1. The molecule has 0 spiro atoms. The van der Waals surface area contributed by atoms with E-state index in [4.69, 9.17) is 5.73 Å². The largest absolute Gasteiger partial charge is 0.341 e. The van der Waals surface area contributed by atoms with Crippen LogP contribution >= 0.6 is 0 Å². The fourth-order valence-corrected chi connectivity index (χ4v) is 2.33. The molecule has 1 atom stereocenters. The van der Waals surface area contributed by atoms with Crippen molar-refractivity contribution in [3.8, 4) is 0 Å². The standard InChI is InChI=1S/C11H20N2O/c1-2-11(5-6-11)8-13-7-3-4-9(12)10(13)14/h9H,2-8,12H2,1H3. The highest BCUT2D eigenvalue weighted by molar-refractivity contribution is 5.82. The first kappa shape index (κ1) is 9.97. The number of amides is 1. The predicted molar refractivity (Wildman–Crippen MR) is 55.7 cm³/mol. The van der Waals surface area contributed by atoms with Crippen molar-refractivity contribution in [2.45, 2.75) is 45.1 Å². The Morgan fingerprint density at radius 2 is 2.29 bits per heavy atom. The highest BCUT2D eigenvalue weighted by atomic mass is 16.2. The van der Waals surface area contributed by atoms with Gasteiger partial charge in [-0.2, -0.15) is 0 Å². The van der Waals surface area contributed by atoms with Crippen LogP contribution in [-0.4, -0.2) is 29.9 Å². The molecule has 1 heterocycles. The highest BCUT2D eigenvalue weighted by Gasteiger charge is 2.43. The molecule has 1 unspecified atom stereocenters. The van der Waals surface area contributed by atoms with E-state index in [0.29, 0.717) is 5.41 Å². The number of hydrogen-bond donors (Lipinski definition) is 1. The molecular formula is C11H20N2O. The zero-order chi connectivity index (χ0) is 10.2. The van der Waals surface area contributed by atoms with Crippen LogP contribution in [0.3, 0.4) is 0 Å². The number of likely N-dealkylation sites (tertiary alicyclic amines) is 1. The van der Waals surface area contributed by atoms with Gasteiger partial charge in [0.15, 0.2) is 0 Å². The molecule has 0 aromatic rings. The van der Waals surface area contributed by atoms with Gasteiger partial charge in [0.05, 0.1) is 6.04 Å². The Labute approximate surface area is 85.6 Å². The van der Waals surface area contributed by atoms with Crippen LogP contribution < -0.4 is 5.73 Å². The molecule has 3 heteroatoms. The summed E-state index contributed by atoms with van der Waals surface area (Å²) in [5.41, 5.74) is 6.22. The Kier molecular flexibility index (Phi) is 2.52. The van der Waals surface area contributed by atoms with Crippen molar-refractivity contribution in [2.75, 3.05) is 13.1 Å². The summed E-state index contributed by atoms with van der Waals surface area (Å²) < 4.78 is 0. The quantitative estimate of drug-likeness (QED) is 0.735. The Morgan fingerprint density at radius 1 is 1.57 bits per heavy atom. The van der Waals surface area contributed by atoms with Gasteiger partial charge < -0.3 is 10.6 Å². The average molecular weight is 196 g/mol. The monoisotopic (exact) mass is 196 g/mol. The summed E-state index contributed by atoms with van der Waals surface area (Å²) in [6.45, 7) is 4.10. The molecule has 1 amide bonds. The maximum Gasteiger partial charge on any atom is 0.239 e. The average Bonchev–Trinajstić information content (AvgIpc) is 2.94. The van der Waals surface area contributed by atoms with E-state index < -0.39 is 0 Å². The molecular weight excluding hydrogens is 176 g/mol. The van der Waals surface area contributed by atoms with E-state index in [9.17, 15) is 4.79 Å². The maximum atomic E-state index is 11.7. The zero-order valence-corrected chi connectivity index (χ0v) is 8.96. The molecule has 1 saturated carbocycles. The second-order valence-corrected chi connectivity index (χ2v) is 4.86. The Balaban J connectivity index is 1.93. The van der Waals surface area contributed by atoms with E-state index in [0.717, 1.165) is 25.9 Å². The zero-order valence-electron chi connectivity index (χ0n) is 8.96. The fraction of sp³-hybridized carbons (Fsp3) is 0.909. The lowest BCUT2D eigenvalue weighted by Crippen LogP contribution is -2.50. The lowest BCUT2D eigenvalue weighted by molar-refractivity contribution is -0.135. The minimum Gasteiger partial charge on any atom is -0.341 e. The van der Waals surface area contributed by atoms with E-state index in [1.165, 1.54) is 19.3 Å². The van der Waals surface area contributed by atoms with Gasteiger partial charge in [0.1, 0.15) is 0 Å². The van der Waals surface area contributed by atoms with Crippen molar-refractivity contribution < 1.29 is 4.79 Å². The number of hydrogen-bond acceptors (Lipinski definition) is 2. The Hall–Kier alpha value is -0.570. The third-order valence-electron chi connectivity index (χ3n) is 3.81. The molecule has 0 aromatic heterocycles. The minimum atomic E-state index is -0.226. The second-order valence-electron chi connectivity index (χ2n) is 4.86. The normalized spacial score (nSPS) is 30.6. The van der Waals surface area contributed by atoms with Crippen molar-refractivity contribution in [1.29, 1.82) is 0 Å². The summed E-state index contributed by atoms with van der Waals surface area (Å²) in [5.74, 6) is 0.177. The molecule has 0 radical (unpaired) electrons. The van der Waals surface area contributed by atoms with Crippen LogP contribution in [0.15, 0.2) is 0 Å². The van der Waals surface area contributed by atoms with Crippen molar-refractivity contribution in [3.63, 3.8) is 0 Å². The van der Waals surface area contributed by atoms with Crippen molar-refractivity contribution >= 4 is 5.91 Å². The summed E-state index contributed by atoms with van der Waals surface area (Å²) in [6, 6.07) is -0.226. The van der Waals surface area contributed by atoms with Crippen LogP contribution in [0.5, 0.6) is 0 Å². The first-order valence-electron chi connectivity index (χ1n) is 5.71. The second kappa shape index (κ2) is 3.54. The van der Waals surface area contributed by atoms with E-state index in [2.05, 4.69) is 6.92 Å². The van der Waals surface area contributed by atoms with Crippen LogP contribution in [0.25, 0.3) is 0 Å². The highest BCUT2D eigenvalue weighted by Crippen LogP contribution is 2.49. The molecule has 14 heavy (non-hydrogen) atoms. The molecule has 80 valence electrons. The van der Waals surface area contributed by atoms with Gasteiger partial charge in [0.2, 0.25) is 5.91 Å². The van der Waals surface area contributed by atoms with Gasteiger partial charge in [0.25, 0.3) is 0 Å². The molecule has 2 N–H and O–H groups in total. The number of rotatable bonds is 3. The summed E-state index contributed by atoms with van der Waals surface area (Å²) >= 11 is 0. The van der Waals surface area contributed by atoms with Gasteiger partial charge in [-0.25, -0.2) is 0 Å². The van der Waals surface area contributed by atoms with Crippen molar-refractivity contribution in [3.05, 3.63) is 0 Å². The van der Waals surface area contributed by atoms with Crippen molar-refractivity contribution in [2.24, 2.45) is 11.1 Å². The minimum absolute atomic E-state index is 0.177. The number of nitrogens with two attached hydrogens (primary N) is 1. The van der Waals surface area contributed by atoms with E-state index in [1.807, 2.05) is 4.90 Å². The molecule has 3 nitrogen and oxygen atoms in total.